The first-order valence-electron chi connectivity index (χ1n) is 25.9. The largest absolute Gasteiger partial charge is 0.462 e. The van der Waals surface area contributed by atoms with E-state index in [1.54, 1.807) is 0 Å². The Bertz CT molecular complexity index is 1230. The van der Waals surface area contributed by atoms with Crippen molar-refractivity contribution in [3.05, 3.63) is 60.8 Å². The van der Waals surface area contributed by atoms with Gasteiger partial charge in [-0.3, -0.25) is 9.59 Å². The van der Waals surface area contributed by atoms with Gasteiger partial charge in [0.1, 0.15) is 31.0 Å². The van der Waals surface area contributed by atoms with Gasteiger partial charge in [-0.25, -0.2) is 0 Å². The number of unbranched alkanes of at least 4 members (excludes halogenated alkanes) is 22. The first-order chi connectivity index (χ1) is 31.3. The molecule has 1 aliphatic heterocycles. The average Bonchev–Trinajstić information content (AvgIpc) is 3.29. The van der Waals surface area contributed by atoms with Crippen LogP contribution in [0.5, 0.6) is 0 Å². The van der Waals surface area contributed by atoms with Crippen LogP contribution in [0.2, 0.25) is 0 Å². The molecule has 0 aromatic rings. The number of aliphatic hydroxyl groups excluding tert-OH is 4. The van der Waals surface area contributed by atoms with Crippen LogP contribution >= 0.6 is 0 Å². The molecule has 0 aromatic carbocycles. The second kappa shape index (κ2) is 44.2. The van der Waals surface area contributed by atoms with Crippen LogP contribution < -0.4 is 0 Å². The third kappa shape index (κ3) is 34.7. The first-order valence-corrected chi connectivity index (χ1v) is 25.9. The monoisotopic (exact) mass is 903 g/mol. The van der Waals surface area contributed by atoms with Gasteiger partial charge in [0.05, 0.1) is 13.2 Å². The fourth-order valence-corrected chi connectivity index (χ4v) is 7.58. The van der Waals surface area contributed by atoms with Crippen LogP contribution in [-0.2, 0) is 28.5 Å². The maximum absolute atomic E-state index is 12.8. The van der Waals surface area contributed by atoms with E-state index in [1.807, 2.05) is 12.2 Å². The summed E-state index contributed by atoms with van der Waals surface area (Å²) in [7, 11) is 0. The normalized spacial score (nSPS) is 19.9. The molecular formula is C54H94O10. The highest BCUT2D eigenvalue weighted by molar-refractivity contribution is 5.70. The van der Waals surface area contributed by atoms with E-state index in [-0.39, 0.29) is 26.1 Å². The van der Waals surface area contributed by atoms with E-state index >= 15 is 0 Å². The van der Waals surface area contributed by atoms with Crippen molar-refractivity contribution in [2.75, 3.05) is 19.8 Å². The van der Waals surface area contributed by atoms with Crippen molar-refractivity contribution in [2.45, 2.75) is 250 Å². The molecule has 10 nitrogen and oxygen atoms in total. The number of rotatable bonds is 43. The average molecular weight is 903 g/mol. The Morgan fingerprint density at radius 3 is 1.38 bits per heavy atom. The van der Waals surface area contributed by atoms with Gasteiger partial charge >= 0.3 is 11.9 Å². The molecule has 1 fully saturated rings. The molecule has 1 rings (SSSR count). The van der Waals surface area contributed by atoms with Gasteiger partial charge in [0.15, 0.2) is 12.4 Å². The molecule has 6 atom stereocenters. The van der Waals surface area contributed by atoms with Crippen molar-refractivity contribution in [3.8, 4) is 0 Å². The van der Waals surface area contributed by atoms with E-state index in [0.29, 0.717) is 6.42 Å². The number of hydrogen-bond donors (Lipinski definition) is 4. The summed E-state index contributed by atoms with van der Waals surface area (Å²) in [6.45, 7) is 3.35. The standard InChI is InChI=1S/C54H94O10/c1-3-5-7-9-11-13-15-17-19-21-23-25-26-28-30-32-34-36-38-40-42-49(56)61-45-47(46-62-54-53(60)52(59)51(58)48(44-55)64-54)63-50(57)43-41-39-37-35-33-31-29-27-24-22-20-18-16-14-12-10-8-6-4-2/h12,14,18,20,24,27,31,33,37,39,47-48,51-55,58-60H,3-11,13,15-17,19,21-23,25-26,28-30,32,34-36,38,40-46H2,1-2H3/b14-12+,20-18+,27-24+,33-31+,39-37+/t47-,48-,51+,52?,53?,54-/m0/s1. The Kier molecular flexibility index (Phi) is 41.1. The summed E-state index contributed by atoms with van der Waals surface area (Å²) in [5.41, 5.74) is 0. The Hall–Kier alpha value is -2.60. The predicted molar refractivity (Wildman–Crippen MR) is 261 cm³/mol. The summed E-state index contributed by atoms with van der Waals surface area (Å²) in [6, 6.07) is 0. The van der Waals surface area contributed by atoms with Gasteiger partial charge in [-0.2, -0.15) is 0 Å². The fraction of sp³-hybridized carbons (Fsp3) is 0.778. The number of allylic oxidation sites excluding steroid dienone is 10. The summed E-state index contributed by atoms with van der Waals surface area (Å²) >= 11 is 0. The fourth-order valence-electron chi connectivity index (χ4n) is 7.58. The van der Waals surface area contributed by atoms with E-state index in [4.69, 9.17) is 18.9 Å². The van der Waals surface area contributed by atoms with Crippen molar-refractivity contribution in [1.29, 1.82) is 0 Å². The highest BCUT2D eigenvalue weighted by atomic mass is 16.7. The summed E-state index contributed by atoms with van der Waals surface area (Å²) < 4.78 is 22.2. The van der Waals surface area contributed by atoms with Crippen LogP contribution in [0.15, 0.2) is 60.8 Å². The number of carbonyl (C=O) groups excluding carboxylic acids is 2. The molecule has 0 aliphatic carbocycles. The molecule has 4 N–H and O–H groups in total. The summed E-state index contributed by atoms with van der Waals surface area (Å²) in [6.07, 6.45) is 48.1. The zero-order valence-corrected chi connectivity index (χ0v) is 40.5. The summed E-state index contributed by atoms with van der Waals surface area (Å²) in [4.78, 5) is 25.4. The predicted octanol–water partition coefficient (Wildman–Crippen LogP) is 12.2. The molecule has 0 amide bonds. The molecule has 1 aliphatic rings. The maximum Gasteiger partial charge on any atom is 0.306 e. The van der Waals surface area contributed by atoms with Crippen LogP contribution in [0, 0.1) is 0 Å². The van der Waals surface area contributed by atoms with Gasteiger partial charge in [-0.05, 0) is 51.4 Å². The summed E-state index contributed by atoms with van der Waals surface area (Å²) in [5, 5.41) is 40.2. The minimum Gasteiger partial charge on any atom is -0.462 e. The smallest absolute Gasteiger partial charge is 0.306 e. The van der Waals surface area contributed by atoms with E-state index in [9.17, 15) is 30.0 Å². The highest BCUT2D eigenvalue weighted by Gasteiger charge is 2.44. The topological polar surface area (TPSA) is 152 Å². The third-order valence-electron chi connectivity index (χ3n) is 11.7. The molecule has 64 heavy (non-hydrogen) atoms. The van der Waals surface area contributed by atoms with Gasteiger partial charge in [-0.1, -0.05) is 209 Å². The Morgan fingerprint density at radius 1 is 0.484 bits per heavy atom. The van der Waals surface area contributed by atoms with Crippen LogP contribution in [-0.4, -0.2) is 89.0 Å². The Labute approximate surface area is 390 Å². The second-order valence-electron chi connectivity index (χ2n) is 17.6. The number of hydrogen-bond acceptors (Lipinski definition) is 10. The zero-order chi connectivity index (χ0) is 46.6. The molecule has 0 spiro atoms. The molecule has 0 bridgehead atoms. The van der Waals surface area contributed by atoms with Crippen molar-refractivity contribution in [3.63, 3.8) is 0 Å². The van der Waals surface area contributed by atoms with Crippen molar-refractivity contribution < 1.29 is 49.0 Å². The number of esters is 2. The second-order valence-corrected chi connectivity index (χ2v) is 17.6. The quantitative estimate of drug-likeness (QED) is 0.0264. The van der Waals surface area contributed by atoms with Crippen molar-refractivity contribution >= 4 is 11.9 Å². The molecule has 10 heteroatoms. The molecule has 2 unspecified atom stereocenters. The number of ether oxygens (including phenoxy) is 4. The minimum absolute atomic E-state index is 0.106. The first kappa shape index (κ1) is 59.4. The van der Waals surface area contributed by atoms with E-state index < -0.39 is 55.4 Å². The van der Waals surface area contributed by atoms with E-state index in [2.05, 4.69) is 62.5 Å². The lowest BCUT2D eigenvalue weighted by Crippen LogP contribution is -2.59. The highest BCUT2D eigenvalue weighted by Crippen LogP contribution is 2.23. The van der Waals surface area contributed by atoms with Crippen LogP contribution in [0.25, 0.3) is 0 Å². The third-order valence-corrected chi connectivity index (χ3v) is 11.7. The van der Waals surface area contributed by atoms with Crippen molar-refractivity contribution in [1.82, 2.24) is 0 Å². The molecule has 370 valence electrons. The molecule has 1 heterocycles. The van der Waals surface area contributed by atoms with Crippen LogP contribution in [0.1, 0.15) is 213 Å². The summed E-state index contributed by atoms with van der Waals surface area (Å²) in [5.74, 6) is -0.897. The molecule has 0 saturated carbocycles. The molecule has 0 radical (unpaired) electrons. The van der Waals surface area contributed by atoms with Crippen LogP contribution in [0.3, 0.4) is 0 Å². The molecule has 1 saturated heterocycles. The lowest BCUT2D eigenvalue weighted by Gasteiger charge is -2.39. The van der Waals surface area contributed by atoms with Gasteiger partial charge in [-0.15, -0.1) is 0 Å². The van der Waals surface area contributed by atoms with Crippen LogP contribution in [0.4, 0.5) is 0 Å². The van der Waals surface area contributed by atoms with Gasteiger partial charge in [0, 0.05) is 12.8 Å². The van der Waals surface area contributed by atoms with Crippen molar-refractivity contribution in [2.24, 2.45) is 0 Å². The minimum atomic E-state index is -1.61. The zero-order valence-electron chi connectivity index (χ0n) is 40.5. The number of carbonyl (C=O) groups is 2. The molecule has 0 aromatic heterocycles. The number of aliphatic hydroxyl groups is 4. The van der Waals surface area contributed by atoms with E-state index in [1.165, 1.54) is 135 Å². The van der Waals surface area contributed by atoms with E-state index in [0.717, 1.165) is 44.9 Å². The lowest BCUT2D eigenvalue weighted by molar-refractivity contribution is -0.305. The van der Waals surface area contributed by atoms with Gasteiger partial charge < -0.3 is 39.4 Å². The Morgan fingerprint density at radius 2 is 0.906 bits per heavy atom. The lowest BCUT2D eigenvalue weighted by atomic mass is 9.99. The molecular weight excluding hydrogens is 809 g/mol. The van der Waals surface area contributed by atoms with Gasteiger partial charge in [0.2, 0.25) is 0 Å². The maximum atomic E-state index is 12.8. The Balaban J connectivity index is 2.31. The van der Waals surface area contributed by atoms with Gasteiger partial charge in [0.25, 0.3) is 0 Å². The SMILES string of the molecule is CCCCC/C=C/C/C=C/C/C=C/C/C=C/C/C=C/CCC(=O)O[C@@H](COC(=O)CCCCCCCCCCCCCCCCCCCCCC)CO[C@H]1O[C@@H](CO)[C@@H](O)C(O)C1O.